The first kappa shape index (κ1) is 13.1. The van der Waals surface area contributed by atoms with Crippen LogP contribution in [0, 0.1) is 5.82 Å². The molecule has 0 nitrogen and oxygen atoms in total. The van der Waals surface area contributed by atoms with Gasteiger partial charge in [0.05, 0.1) is 0 Å². The van der Waals surface area contributed by atoms with Crippen LogP contribution < -0.4 is 0 Å². The van der Waals surface area contributed by atoms with Crippen molar-refractivity contribution in [2.75, 3.05) is 0 Å². The van der Waals surface area contributed by atoms with Gasteiger partial charge in [0.2, 0.25) is 0 Å². The standard InChI is InChI=1S/C16H15FS2/c17-16-7-14-5-6-15(16)11-19-9-13-3-1-12(2-4-13)8-18-10-14/h1-7H,8-11H2. The first-order chi connectivity index (χ1) is 9.31. The molecule has 0 radical (unpaired) electrons. The molecular formula is C16H15FS2. The van der Waals surface area contributed by atoms with Gasteiger partial charge in [-0.25, -0.2) is 4.39 Å². The average molecular weight is 290 g/mol. The molecule has 4 aliphatic heterocycles. The second-order valence-corrected chi connectivity index (χ2v) is 6.70. The number of hydrogen-bond acceptors (Lipinski definition) is 2. The molecule has 0 atom stereocenters. The highest BCUT2D eigenvalue weighted by atomic mass is 32.2. The molecule has 6 rings (SSSR count). The molecular weight excluding hydrogens is 275 g/mol. The van der Waals surface area contributed by atoms with Crippen molar-refractivity contribution in [3.63, 3.8) is 0 Å². The van der Waals surface area contributed by atoms with Crippen molar-refractivity contribution in [2.45, 2.75) is 23.0 Å². The molecule has 4 heterocycles. The molecule has 2 aromatic carbocycles. The van der Waals surface area contributed by atoms with Crippen molar-refractivity contribution in [2.24, 2.45) is 0 Å². The van der Waals surface area contributed by atoms with Crippen molar-refractivity contribution in [3.8, 4) is 0 Å². The minimum absolute atomic E-state index is 0.0587. The highest BCUT2D eigenvalue weighted by Crippen LogP contribution is 2.25. The number of hydrogen-bond donors (Lipinski definition) is 0. The molecule has 2 aromatic rings. The molecule has 3 heteroatoms. The third-order valence-electron chi connectivity index (χ3n) is 3.20. The predicted octanol–water partition coefficient (Wildman–Crippen LogP) is 5.01. The number of benzene rings is 2. The zero-order chi connectivity index (χ0) is 13.1. The summed E-state index contributed by atoms with van der Waals surface area (Å²) in [4.78, 5) is 0. The molecule has 0 aliphatic carbocycles. The third kappa shape index (κ3) is 3.34. The van der Waals surface area contributed by atoms with Gasteiger partial charge in [-0.2, -0.15) is 23.5 Å². The van der Waals surface area contributed by atoms with Gasteiger partial charge in [-0.1, -0.05) is 36.4 Å². The summed E-state index contributed by atoms with van der Waals surface area (Å²) in [6.07, 6.45) is 0. The summed E-state index contributed by atoms with van der Waals surface area (Å²) < 4.78 is 13.9. The monoisotopic (exact) mass is 290 g/mol. The van der Waals surface area contributed by atoms with E-state index in [0.29, 0.717) is 0 Å². The van der Waals surface area contributed by atoms with E-state index in [0.717, 1.165) is 34.1 Å². The third-order valence-corrected chi connectivity index (χ3v) is 5.33. The van der Waals surface area contributed by atoms with Crippen molar-refractivity contribution in [3.05, 3.63) is 70.5 Å². The van der Waals surface area contributed by atoms with Crippen LogP contribution in [0.2, 0.25) is 0 Å². The molecule has 19 heavy (non-hydrogen) atoms. The normalized spacial score (nSPS) is 15.4. The topological polar surface area (TPSA) is 0 Å². The lowest BCUT2D eigenvalue weighted by Gasteiger charge is -2.09. The summed E-state index contributed by atoms with van der Waals surface area (Å²) in [5.74, 6) is 3.47. The highest BCUT2D eigenvalue weighted by Gasteiger charge is 2.06. The van der Waals surface area contributed by atoms with Gasteiger partial charge >= 0.3 is 0 Å². The Morgan fingerprint density at radius 1 is 0.684 bits per heavy atom. The zero-order valence-electron chi connectivity index (χ0n) is 10.6. The van der Waals surface area contributed by atoms with Gasteiger partial charge in [0.25, 0.3) is 0 Å². The summed E-state index contributed by atoms with van der Waals surface area (Å²) in [6, 6.07) is 14.5. The molecule has 0 N–H and O–H groups in total. The molecule has 4 aliphatic rings. The fourth-order valence-corrected chi connectivity index (χ4v) is 4.02. The highest BCUT2D eigenvalue weighted by molar-refractivity contribution is 7.98. The van der Waals surface area contributed by atoms with Crippen LogP contribution in [0.25, 0.3) is 0 Å². The molecule has 0 saturated heterocycles. The van der Waals surface area contributed by atoms with Gasteiger partial charge in [-0.05, 0) is 28.3 Å². The predicted molar refractivity (Wildman–Crippen MR) is 82.8 cm³/mol. The van der Waals surface area contributed by atoms with Gasteiger partial charge in [0.1, 0.15) is 5.82 Å². The second kappa shape index (κ2) is 6.02. The van der Waals surface area contributed by atoms with Crippen molar-refractivity contribution in [1.82, 2.24) is 0 Å². The van der Waals surface area contributed by atoms with Gasteiger partial charge in [0, 0.05) is 23.0 Å². The first-order valence-corrected chi connectivity index (χ1v) is 8.63. The van der Waals surface area contributed by atoms with E-state index in [1.165, 1.54) is 11.1 Å². The lowest BCUT2D eigenvalue weighted by Crippen LogP contribution is -1.93. The summed E-state index contributed by atoms with van der Waals surface area (Å²) in [5.41, 5.74) is 4.54. The van der Waals surface area contributed by atoms with E-state index >= 15 is 0 Å². The quantitative estimate of drug-likeness (QED) is 0.669. The fraction of sp³-hybridized carbons (Fsp3) is 0.250. The van der Waals surface area contributed by atoms with Gasteiger partial charge in [-0.15, -0.1) is 0 Å². The number of thioether (sulfide) groups is 2. The van der Waals surface area contributed by atoms with Crippen molar-refractivity contribution >= 4 is 23.5 Å². The summed E-state index contributed by atoms with van der Waals surface area (Å²) in [7, 11) is 0. The van der Waals surface area contributed by atoms with Crippen LogP contribution in [0.4, 0.5) is 4.39 Å². The van der Waals surface area contributed by atoms with E-state index in [1.54, 1.807) is 17.8 Å². The van der Waals surface area contributed by atoms with Gasteiger partial charge in [0.15, 0.2) is 0 Å². The SMILES string of the molecule is Fc1cc2ccc1CSCc1ccc(cc1)CSC2. The molecule has 0 amide bonds. The Kier molecular flexibility index (Phi) is 4.14. The van der Waals surface area contributed by atoms with E-state index in [4.69, 9.17) is 0 Å². The van der Waals surface area contributed by atoms with Crippen LogP contribution >= 0.6 is 23.5 Å². The zero-order valence-corrected chi connectivity index (χ0v) is 12.2. The Bertz CT molecular complexity index is 563. The summed E-state index contributed by atoms with van der Waals surface area (Å²) in [6.45, 7) is 0. The minimum Gasteiger partial charge on any atom is -0.207 e. The van der Waals surface area contributed by atoms with E-state index < -0.39 is 0 Å². The summed E-state index contributed by atoms with van der Waals surface area (Å²) >= 11 is 3.60. The van der Waals surface area contributed by atoms with Crippen LogP contribution in [-0.4, -0.2) is 0 Å². The maximum absolute atomic E-state index is 13.9. The molecule has 0 saturated carbocycles. The average Bonchev–Trinajstić information content (AvgIpc) is 2.43. The van der Waals surface area contributed by atoms with E-state index in [9.17, 15) is 4.39 Å². The van der Waals surface area contributed by atoms with Crippen LogP contribution in [0.1, 0.15) is 22.3 Å². The maximum atomic E-state index is 13.9. The van der Waals surface area contributed by atoms with Crippen molar-refractivity contribution < 1.29 is 4.39 Å². The van der Waals surface area contributed by atoms with Crippen molar-refractivity contribution in [1.29, 1.82) is 0 Å². The Morgan fingerprint density at radius 2 is 1.21 bits per heavy atom. The second-order valence-electron chi connectivity index (χ2n) is 4.73. The molecule has 98 valence electrons. The Labute approximate surface area is 121 Å². The van der Waals surface area contributed by atoms with Crippen LogP contribution in [0.15, 0.2) is 42.5 Å². The minimum atomic E-state index is -0.0587. The van der Waals surface area contributed by atoms with Crippen LogP contribution in [0.3, 0.4) is 0 Å². The van der Waals surface area contributed by atoms with Gasteiger partial charge in [-0.3, -0.25) is 0 Å². The van der Waals surface area contributed by atoms with E-state index in [-0.39, 0.29) is 5.82 Å². The molecule has 4 bridgehead atoms. The summed E-state index contributed by atoms with van der Waals surface area (Å²) in [5, 5.41) is 0. The van der Waals surface area contributed by atoms with Crippen LogP contribution in [-0.2, 0) is 23.0 Å². The molecule has 0 spiro atoms. The smallest absolute Gasteiger partial charge is 0.127 e. The Balaban J connectivity index is 1.86. The lowest BCUT2D eigenvalue weighted by molar-refractivity contribution is 0.616. The first-order valence-electron chi connectivity index (χ1n) is 6.32. The largest absolute Gasteiger partial charge is 0.207 e. The van der Waals surface area contributed by atoms with E-state index in [1.807, 2.05) is 17.8 Å². The van der Waals surface area contributed by atoms with Crippen LogP contribution in [0.5, 0.6) is 0 Å². The Morgan fingerprint density at radius 3 is 1.84 bits per heavy atom. The molecule has 0 unspecified atom stereocenters. The number of halogens is 1. The maximum Gasteiger partial charge on any atom is 0.127 e. The number of rotatable bonds is 0. The Hall–Kier alpha value is -0.930. The van der Waals surface area contributed by atoms with E-state index in [2.05, 4.69) is 30.3 Å². The molecule has 0 aromatic heterocycles. The lowest BCUT2D eigenvalue weighted by atomic mass is 10.1. The molecule has 0 fully saturated rings. The fourth-order valence-electron chi connectivity index (χ4n) is 2.09. The van der Waals surface area contributed by atoms with Gasteiger partial charge < -0.3 is 0 Å².